The zero-order valence-corrected chi connectivity index (χ0v) is 22.9. The molecular formula is C30H21BrClN3O4. The fraction of sp³-hybridized carbons (Fsp3) is 0.0333. The third-order valence-electron chi connectivity index (χ3n) is 5.93. The molecule has 194 valence electrons. The molecule has 0 radical (unpaired) electrons. The van der Waals surface area contributed by atoms with E-state index in [1.54, 1.807) is 54.6 Å². The molecule has 0 spiro atoms. The van der Waals surface area contributed by atoms with Crippen LogP contribution in [-0.2, 0) is 0 Å². The van der Waals surface area contributed by atoms with Crippen molar-refractivity contribution in [3.05, 3.63) is 117 Å². The first-order valence-electron chi connectivity index (χ1n) is 11.8. The second-order valence-electron chi connectivity index (χ2n) is 8.40. The molecule has 5 aromatic rings. The fourth-order valence-electron chi connectivity index (χ4n) is 4.08. The van der Waals surface area contributed by atoms with Crippen LogP contribution in [0, 0.1) is 0 Å². The molecule has 0 aliphatic heterocycles. The molecule has 4 aromatic carbocycles. The van der Waals surface area contributed by atoms with E-state index in [9.17, 15) is 9.59 Å². The van der Waals surface area contributed by atoms with Crippen LogP contribution in [0.1, 0.15) is 26.4 Å². The Morgan fingerprint density at radius 1 is 0.974 bits per heavy atom. The summed E-state index contributed by atoms with van der Waals surface area (Å²) in [6.45, 7) is 0. The highest BCUT2D eigenvalue weighted by Gasteiger charge is 2.21. The summed E-state index contributed by atoms with van der Waals surface area (Å²) in [5, 5.41) is 5.48. The number of para-hydroxylation sites is 1. The SMILES string of the molecule is COc1cccc(C(=O)Oc2ccccc2C=NNC(=O)c2[nH]c3ccc(Br)cc3c2-c2ccccc2Cl)c1. The van der Waals surface area contributed by atoms with Gasteiger partial charge in [-0.2, -0.15) is 5.10 Å². The Hall–Kier alpha value is -4.40. The van der Waals surface area contributed by atoms with E-state index in [1.165, 1.54) is 13.3 Å². The molecule has 1 heterocycles. The average molecular weight is 603 g/mol. The largest absolute Gasteiger partial charge is 0.497 e. The third-order valence-corrected chi connectivity index (χ3v) is 6.75. The van der Waals surface area contributed by atoms with Crippen molar-refractivity contribution in [2.45, 2.75) is 0 Å². The van der Waals surface area contributed by atoms with Crippen molar-refractivity contribution in [1.82, 2.24) is 10.4 Å². The summed E-state index contributed by atoms with van der Waals surface area (Å²) in [5.41, 5.74) is 5.87. The van der Waals surface area contributed by atoms with Crippen molar-refractivity contribution in [2.24, 2.45) is 5.10 Å². The van der Waals surface area contributed by atoms with Crippen LogP contribution in [0.25, 0.3) is 22.0 Å². The maximum absolute atomic E-state index is 13.3. The number of hydrogen-bond acceptors (Lipinski definition) is 5. The van der Waals surface area contributed by atoms with E-state index in [-0.39, 0.29) is 5.75 Å². The molecule has 39 heavy (non-hydrogen) atoms. The van der Waals surface area contributed by atoms with E-state index in [4.69, 9.17) is 21.1 Å². The number of fused-ring (bicyclic) bond motifs is 1. The Morgan fingerprint density at radius 2 is 1.77 bits per heavy atom. The van der Waals surface area contributed by atoms with Crippen molar-refractivity contribution in [2.75, 3.05) is 7.11 Å². The number of carbonyl (C=O) groups excluding carboxylic acids is 2. The molecule has 0 aliphatic carbocycles. The number of ether oxygens (including phenoxy) is 2. The summed E-state index contributed by atoms with van der Waals surface area (Å²) in [6.07, 6.45) is 1.42. The van der Waals surface area contributed by atoms with Crippen molar-refractivity contribution < 1.29 is 19.1 Å². The first-order chi connectivity index (χ1) is 18.9. The van der Waals surface area contributed by atoms with E-state index >= 15 is 0 Å². The minimum atomic E-state index is -0.549. The molecule has 0 atom stereocenters. The van der Waals surface area contributed by atoms with Gasteiger partial charge in [-0.25, -0.2) is 10.2 Å². The zero-order chi connectivity index (χ0) is 27.4. The maximum Gasteiger partial charge on any atom is 0.343 e. The summed E-state index contributed by atoms with van der Waals surface area (Å²) in [5.74, 6) is -0.176. The number of nitrogens with one attached hydrogen (secondary N) is 2. The summed E-state index contributed by atoms with van der Waals surface area (Å²) in [4.78, 5) is 29.2. The molecule has 2 N–H and O–H groups in total. The Balaban J connectivity index is 1.40. The lowest BCUT2D eigenvalue weighted by molar-refractivity contribution is 0.0733. The molecule has 0 saturated heterocycles. The number of carbonyl (C=O) groups is 2. The van der Waals surface area contributed by atoms with Crippen molar-refractivity contribution in [3.63, 3.8) is 0 Å². The standard InChI is InChI=1S/C30H21BrClN3O4/c1-38-21-9-6-8-18(15-21)30(37)39-26-12-5-2-7-19(26)17-33-35-29(36)28-27(22-10-3-4-11-24(22)32)23-16-20(31)13-14-25(23)34-28/h2-17,34H,1H3,(H,35,36). The second-order valence-corrected chi connectivity index (χ2v) is 9.73. The van der Waals surface area contributed by atoms with E-state index in [0.717, 1.165) is 15.4 Å². The van der Waals surface area contributed by atoms with Crippen LogP contribution in [0.3, 0.4) is 0 Å². The first-order valence-corrected chi connectivity index (χ1v) is 13.0. The van der Waals surface area contributed by atoms with Gasteiger partial charge in [0.1, 0.15) is 17.2 Å². The predicted molar refractivity (Wildman–Crippen MR) is 156 cm³/mol. The van der Waals surface area contributed by atoms with Crippen LogP contribution in [0.15, 0.2) is 101 Å². The Kier molecular flexibility index (Phi) is 7.76. The molecule has 7 nitrogen and oxygen atoms in total. The smallest absolute Gasteiger partial charge is 0.343 e. The summed E-state index contributed by atoms with van der Waals surface area (Å²) >= 11 is 10.0. The third kappa shape index (κ3) is 5.72. The van der Waals surface area contributed by atoms with Crippen LogP contribution < -0.4 is 14.9 Å². The van der Waals surface area contributed by atoms with Crippen LogP contribution in [0.4, 0.5) is 0 Å². The monoisotopic (exact) mass is 601 g/mol. The quantitative estimate of drug-likeness (QED) is 0.0889. The molecule has 0 fully saturated rings. The molecular weight excluding hydrogens is 582 g/mol. The van der Waals surface area contributed by atoms with Gasteiger partial charge in [-0.15, -0.1) is 0 Å². The predicted octanol–water partition coefficient (Wildman–Crippen LogP) is 7.24. The number of amides is 1. The van der Waals surface area contributed by atoms with Gasteiger partial charge in [-0.05, 0) is 54.6 Å². The van der Waals surface area contributed by atoms with Gasteiger partial charge in [-0.3, -0.25) is 4.79 Å². The number of aromatic amines is 1. The summed E-state index contributed by atoms with van der Waals surface area (Å²) in [6, 6.07) is 26.6. The number of nitrogens with zero attached hydrogens (tertiary/aromatic N) is 1. The number of halogens is 2. The zero-order valence-electron chi connectivity index (χ0n) is 20.6. The highest BCUT2D eigenvalue weighted by atomic mass is 79.9. The maximum atomic E-state index is 13.3. The second kappa shape index (κ2) is 11.6. The Morgan fingerprint density at radius 3 is 2.59 bits per heavy atom. The lowest BCUT2D eigenvalue weighted by atomic mass is 10.0. The van der Waals surface area contributed by atoms with Gasteiger partial charge in [0.25, 0.3) is 5.91 Å². The van der Waals surface area contributed by atoms with E-state index < -0.39 is 11.9 Å². The van der Waals surface area contributed by atoms with Crippen LogP contribution >= 0.6 is 27.5 Å². The van der Waals surface area contributed by atoms with Crippen LogP contribution in [0.5, 0.6) is 11.5 Å². The number of esters is 1. The minimum absolute atomic E-state index is 0.288. The summed E-state index contributed by atoms with van der Waals surface area (Å²) < 4.78 is 11.6. The molecule has 0 bridgehead atoms. The summed E-state index contributed by atoms with van der Waals surface area (Å²) in [7, 11) is 1.52. The van der Waals surface area contributed by atoms with Crippen molar-refractivity contribution >= 4 is 56.5 Å². The number of benzene rings is 4. The molecule has 0 saturated carbocycles. The Bertz CT molecular complexity index is 1730. The topological polar surface area (TPSA) is 92.8 Å². The van der Waals surface area contributed by atoms with Gasteiger partial charge >= 0.3 is 5.97 Å². The number of hydrogen-bond donors (Lipinski definition) is 2. The minimum Gasteiger partial charge on any atom is -0.497 e. The van der Waals surface area contributed by atoms with Gasteiger partial charge in [0.05, 0.1) is 18.9 Å². The number of H-pyrrole nitrogens is 1. The normalized spacial score (nSPS) is 11.1. The van der Waals surface area contributed by atoms with Crippen molar-refractivity contribution in [1.29, 1.82) is 0 Å². The van der Waals surface area contributed by atoms with Gasteiger partial charge in [0.15, 0.2) is 0 Å². The average Bonchev–Trinajstić information content (AvgIpc) is 3.32. The molecule has 5 rings (SSSR count). The number of rotatable bonds is 7. The lowest BCUT2D eigenvalue weighted by Gasteiger charge is -2.08. The highest BCUT2D eigenvalue weighted by Crippen LogP contribution is 2.37. The number of hydrazone groups is 1. The highest BCUT2D eigenvalue weighted by molar-refractivity contribution is 9.10. The van der Waals surface area contributed by atoms with Gasteiger partial charge in [0.2, 0.25) is 0 Å². The van der Waals surface area contributed by atoms with Gasteiger partial charge < -0.3 is 14.5 Å². The first kappa shape index (κ1) is 26.2. The fourth-order valence-corrected chi connectivity index (χ4v) is 4.67. The van der Waals surface area contributed by atoms with Gasteiger partial charge in [0, 0.05) is 37.1 Å². The lowest BCUT2D eigenvalue weighted by Crippen LogP contribution is -2.19. The molecule has 1 aromatic heterocycles. The number of methoxy groups -OCH3 is 1. The molecule has 9 heteroatoms. The van der Waals surface area contributed by atoms with Gasteiger partial charge in [-0.1, -0.05) is 63.9 Å². The van der Waals surface area contributed by atoms with Crippen molar-refractivity contribution in [3.8, 4) is 22.6 Å². The van der Waals surface area contributed by atoms with Crippen LogP contribution in [0.2, 0.25) is 5.02 Å². The molecule has 0 aliphatic rings. The van der Waals surface area contributed by atoms with Crippen LogP contribution in [-0.4, -0.2) is 30.2 Å². The Labute approximate surface area is 237 Å². The molecule has 1 amide bonds. The van der Waals surface area contributed by atoms with E-state index in [0.29, 0.717) is 38.7 Å². The van der Waals surface area contributed by atoms with E-state index in [2.05, 4.69) is 31.4 Å². The number of aromatic nitrogens is 1. The molecule has 0 unspecified atom stereocenters. The van der Waals surface area contributed by atoms with E-state index in [1.807, 2.05) is 36.4 Å².